The second-order valence-corrected chi connectivity index (χ2v) is 6.64. The van der Waals surface area contributed by atoms with Gasteiger partial charge in [-0.25, -0.2) is 0 Å². The predicted molar refractivity (Wildman–Crippen MR) is 96.1 cm³/mol. The second-order valence-electron chi connectivity index (χ2n) is 6.64. The molecule has 1 heterocycles. The van der Waals surface area contributed by atoms with Crippen LogP contribution in [0.3, 0.4) is 0 Å². The van der Waals surface area contributed by atoms with Gasteiger partial charge in [0, 0.05) is 19.0 Å². The van der Waals surface area contributed by atoms with Gasteiger partial charge in [-0.05, 0) is 56.1 Å². The average molecular weight is 320 g/mol. The predicted octanol–water partition coefficient (Wildman–Crippen LogP) is 3.81. The molecule has 0 aromatic heterocycles. The molecule has 24 heavy (non-hydrogen) atoms. The zero-order valence-electron chi connectivity index (χ0n) is 14.2. The van der Waals surface area contributed by atoms with Crippen LogP contribution >= 0.6 is 0 Å². The Morgan fingerprint density at radius 1 is 1.21 bits per heavy atom. The van der Waals surface area contributed by atoms with E-state index < -0.39 is 0 Å². The monoisotopic (exact) mass is 320 g/mol. The molecule has 0 aliphatic carbocycles. The van der Waals surface area contributed by atoms with E-state index in [0.717, 1.165) is 44.0 Å². The molecule has 1 atom stereocenters. The fourth-order valence-corrected chi connectivity index (χ4v) is 3.18. The highest BCUT2D eigenvalue weighted by Gasteiger charge is 2.22. The zero-order chi connectivity index (χ0) is 16.8. The molecule has 0 bridgehead atoms. The molecule has 0 spiro atoms. The van der Waals surface area contributed by atoms with Gasteiger partial charge in [0.25, 0.3) is 0 Å². The maximum Gasteiger partial charge on any atom is 0.119 e. The molecule has 0 radical (unpaired) electrons. The molecule has 1 aliphatic rings. The van der Waals surface area contributed by atoms with Crippen LogP contribution < -0.4 is 4.74 Å². The van der Waals surface area contributed by atoms with Crippen molar-refractivity contribution in [2.75, 3.05) is 26.2 Å². The number of hydrogen-bond acceptors (Lipinski definition) is 3. The number of nitrogens with zero attached hydrogens (tertiary/aromatic N) is 2. The van der Waals surface area contributed by atoms with Gasteiger partial charge in [-0.3, -0.25) is 0 Å². The van der Waals surface area contributed by atoms with Crippen LogP contribution in [0.2, 0.25) is 0 Å². The molecule has 3 rings (SSSR count). The minimum atomic E-state index is 0.608. The number of hydrogen-bond donors (Lipinski definition) is 0. The van der Waals surface area contributed by atoms with Gasteiger partial charge in [-0.1, -0.05) is 29.8 Å². The Morgan fingerprint density at radius 3 is 2.83 bits per heavy atom. The molecule has 0 N–H and O–H groups in total. The number of nitriles is 1. The van der Waals surface area contributed by atoms with Crippen LogP contribution in [-0.4, -0.2) is 31.1 Å². The van der Waals surface area contributed by atoms with Crippen LogP contribution in [0.1, 0.15) is 23.1 Å². The van der Waals surface area contributed by atoms with E-state index >= 15 is 0 Å². The summed E-state index contributed by atoms with van der Waals surface area (Å²) < 4.78 is 5.92. The van der Waals surface area contributed by atoms with E-state index in [2.05, 4.69) is 36.1 Å². The molecule has 1 saturated heterocycles. The molecule has 124 valence electrons. The summed E-state index contributed by atoms with van der Waals surface area (Å²) in [7, 11) is 0. The van der Waals surface area contributed by atoms with E-state index in [1.165, 1.54) is 17.5 Å². The van der Waals surface area contributed by atoms with E-state index in [-0.39, 0.29) is 0 Å². The third-order valence-corrected chi connectivity index (χ3v) is 4.65. The van der Waals surface area contributed by atoms with Gasteiger partial charge in [-0.15, -0.1) is 0 Å². The molecule has 0 amide bonds. The minimum absolute atomic E-state index is 0.608. The van der Waals surface area contributed by atoms with Crippen molar-refractivity contribution in [3.8, 4) is 11.8 Å². The summed E-state index contributed by atoms with van der Waals surface area (Å²) in [5, 5.41) is 8.97. The lowest BCUT2D eigenvalue weighted by Gasteiger charge is -2.16. The standard InChI is InChI=1S/C21H24N2O/c1-17-5-7-21(8-6-17)24-16-20-10-12-23(15-20)11-9-18-3-2-4-19(13-18)14-22/h2-8,13,20H,9-12,15-16H2,1H3. The first-order valence-corrected chi connectivity index (χ1v) is 8.64. The lowest BCUT2D eigenvalue weighted by atomic mass is 10.1. The lowest BCUT2D eigenvalue weighted by Crippen LogP contribution is -2.24. The van der Waals surface area contributed by atoms with Crippen LogP contribution in [0.5, 0.6) is 5.75 Å². The van der Waals surface area contributed by atoms with Crippen molar-refractivity contribution >= 4 is 0 Å². The van der Waals surface area contributed by atoms with E-state index in [1.807, 2.05) is 30.3 Å². The molecular formula is C21H24N2O. The third-order valence-electron chi connectivity index (χ3n) is 4.65. The Morgan fingerprint density at radius 2 is 2.04 bits per heavy atom. The molecule has 0 saturated carbocycles. The first-order chi connectivity index (χ1) is 11.7. The molecule has 3 heteroatoms. The molecule has 1 aliphatic heterocycles. The summed E-state index contributed by atoms with van der Waals surface area (Å²) in [6.07, 6.45) is 2.20. The average Bonchev–Trinajstić information content (AvgIpc) is 3.08. The zero-order valence-corrected chi connectivity index (χ0v) is 14.2. The molecule has 1 fully saturated rings. The van der Waals surface area contributed by atoms with E-state index in [1.54, 1.807) is 0 Å². The van der Waals surface area contributed by atoms with Gasteiger partial charge < -0.3 is 9.64 Å². The summed E-state index contributed by atoms with van der Waals surface area (Å²) in [5.41, 5.74) is 3.25. The Bertz CT molecular complexity index is 703. The van der Waals surface area contributed by atoms with Crippen molar-refractivity contribution in [3.05, 3.63) is 65.2 Å². The number of rotatable bonds is 6. The molecule has 2 aromatic rings. The number of benzene rings is 2. The van der Waals surface area contributed by atoms with Gasteiger partial charge in [0.2, 0.25) is 0 Å². The minimum Gasteiger partial charge on any atom is -0.493 e. The highest BCUT2D eigenvalue weighted by molar-refractivity contribution is 5.32. The van der Waals surface area contributed by atoms with Crippen molar-refractivity contribution in [2.45, 2.75) is 19.8 Å². The van der Waals surface area contributed by atoms with Gasteiger partial charge >= 0.3 is 0 Å². The summed E-state index contributed by atoms with van der Waals surface area (Å²) in [4.78, 5) is 2.50. The van der Waals surface area contributed by atoms with Gasteiger partial charge in [0.15, 0.2) is 0 Å². The number of likely N-dealkylation sites (tertiary alicyclic amines) is 1. The van der Waals surface area contributed by atoms with Gasteiger partial charge in [0.1, 0.15) is 5.75 Å². The summed E-state index contributed by atoms with van der Waals surface area (Å²) in [5.74, 6) is 1.57. The van der Waals surface area contributed by atoms with Crippen LogP contribution in [0, 0.1) is 24.2 Å². The van der Waals surface area contributed by atoms with E-state index in [0.29, 0.717) is 5.92 Å². The Labute approximate surface area is 144 Å². The Hall–Kier alpha value is -2.31. The summed E-state index contributed by atoms with van der Waals surface area (Å²) >= 11 is 0. The lowest BCUT2D eigenvalue weighted by molar-refractivity contribution is 0.241. The van der Waals surface area contributed by atoms with E-state index in [9.17, 15) is 0 Å². The third kappa shape index (κ3) is 4.59. The highest BCUT2D eigenvalue weighted by Crippen LogP contribution is 2.19. The van der Waals surface area contributed by atoms with Crippen LogP contribution in [-0.2, 0) is 6.42 Å². The van der Waals surface area contributed by atoms with Crippen LogP contribution in [0.15, 0.2) is 48.5 Å². The van der Waals surface area contributed by atoms with Crippen molar-refractivity contribution in [1.82, 2.24) is 4.90 Å². The fourth-order valence-electron chi connectivity index (χ4n) is 3.18. The first-order valence-electron chi connectivity index (χ1n) is 8.64. The van der Waals surface area contributed by atoms with Crippen molar-refractivity contribution in [1.29, 1.82) is 5.26 Å². The van der Waals surface area contributed by atoms with Crippen LogP contribution in [0.25, 0.3) is 0 Å². The SMILES string of the molecule is Cc1ccc(OCC2CCN(CCc3cccc(C#N)c3)C2)cc1. The van der Waals surface area contributed by atoms with Gasteiger partial charge in [0.05, 0.1) is 18.2 Å². The van der Waals surface area contributed by atoms with Crippen molar-refractivity contribution in [3.63, 3.8) is 0 Å². The number of ether oxygens (including phenoxy) is 1. The largest absolute Gasteiger partial charge is 0.493 e. The number of aryl methyl sites for hydroxylation is 1. The summed E-state index contributed by atoms with van der Waals surface area (Å²) in [6, 6.07) is 18.4. The maximum atomic E-state index is 8.97. The topological polar surface area (TPSA) is 36.3 Å². The Kier molecular flexibility index (Phi) is 5.51. The summed E-state index contributed by atoms with van der Waals surface area (Å²) in [6.45, 7) is 6.17. The van der Waals surface area contributed by atoms with Crippen molar-refractivity contribution in [2.24, 2.45) is 5.92 Å². The molecule has 2 aromatic carbocycles. The maximum absolute atomic E-state index is 8.97. The Balaban J connectivity index is 1.42. The van der Waals surface area contributed by atoms with Crippen molar-refractivity contribution < 1.29 is 4.74 Å². The first kappa shape index (κ1) is 16.5. The fraction of sp³-hybridized carbons (Fsp3) is 0.381. The highest BCUT2D eigenvalue weighted by atomic mass is 16.5. The van der Waals surface area contributed by atoms with E-state index in [4.69, 9.17) is 10.00 Å². The molecular weight excluding hydrogens is 296 g/mol. The molecule has 1 unspecified atom stereocenters. The smallest absolute Gasteiger partial charge is 0.119 e. The molecule has 3 nitrogen and oxygen atoms in total. The quantitative estimate of drug-likeness (QED) is 0.812. The second kappa shape index (κ2) is 7.99. The van der Waals surface area contributed by atoms with Crippen LogP contribution in [0.4, 0.5) is 0 Å². The van der Waals surface area contributed by atoms with Gasteiger partial charge in [-0.2, -0.15) is 5.26 Å². The normalized spacial score (nSPS) is 17.6.